The average Bonchev–Trinajstić information content (AvgIpc) is 2.91. The van der Waals surface area contributed by atoms with Crippen LogP contribution in [-0.4, -0.2) is 15.4 Å². The third-order valence-electron chi connectivity index (χ3n) is 3.10. The zero-order valence-corrected chi connectivity index (χ0v) is 9.91. The van der Waals surface area contributed by atoms with Crippen LogP contribution in [0.15, 0.2) is 30.5 Å². The Morgan fingerprint density at radius 2 is 2.24 bits per heavy atom. The molecule has 1 aliphatic heterocycles. The van der Waals surface area contributed by atoms with Gasteiger partial charge in [-0.3, -0.25) is 4.79 Å². The molecule has 2 aromatic rings. The number of carbonyl (C=O) groups excluding carboxylic acids is 1. The van der Waals surface area contributed by atoms with Gasteiger partial charge in [0.05, 0.1) is 0 Å². The van der Waals surface area contributed by atoms with Crippen LogP contribution in [0.25, 0.3) is 10.8 Å². The monoisotopic (exact) mass is 242 g/mol. The maximum atomic E-state index is 11.8. The van der Waals surface area contributed by atoms with Crippen LogP contribution < -0.4 is 0 Å². The minimum absolute atomic E-state index is 0.165. The number of nitrogens with zero attached hydrogens (tertiary/aromatic N) is 2. The Morgan fingerprint density at radius 1 is 1.41 bits per heavy atom. The van der Waals surface area contributed by atoms with Gasteiger partial charge in [-0.25, -0.2) is 0 Å². The maximum Gasteiger partial charge on any atom is 0.211 e. The molecule has 0 radical (unpaired) electrons. The van der Waals surface area contributed by atoms with Crippen molar-refractivity contribution in [3.8, 4) is 6.07 Å². The topological polar surface area (TPSA) is 45.8 Å². The van der Waals surface area contributed by atoms with E-state index in [0.717, 1.165) is 22.9 Å². The van der Waals surface area contributed by atoms with Gasteiger partial charge in [0.2, 0.25) is 5.12 Å². The van der Waals surface area contributed by atoms with Crippen molar-refractivity contribution in [2.45, 2.75) is 12.5 Å². The molecule has 1 saturated heterocycles. The second kappa shape index (κ2) is 3.94. The molecule has 1 atom stereocenters. The first kappa shape index (κ1) is 10.4. The molecule has 1 aromatic carbocycles. The summed E-state index contributed by atoms with van der Waals surface area (Å²) in [6, 6.07) is 9.81. The first-order valence-electron chi connectivity index (χ1n) is 5.47. The number of benzene rings is 1. The highest BCUT2D eigenvalue weighted by Gasteiger charge is 2.28. The molecular weight excluding hydrogens is 232 g/mol. The van der Waals surface area contributed by atoms with Crippen molar-refractivity contribution in [3.05, 3.63) is 36.2 Å². The maximum absolute atomic E-state index is 11.8. The summed E-state index contributed by atoms with van der Waals surface area (Å²) in [6.07, 6.45) is 2.74. The Labute approximate surface area is 103 Å². The van der Waals surface area contributed by atoms with Crippen molar-refractivity contribution < 1.29 is 4.79 Å². The first-order chi connectivity index (χ1) is 8.31. The smallest absolute Gasteiger partial charge is 0.211 e. The number of rotatable bonds is 1. The van der Waals surface area contributed by atoms with Crippen molar-refractivity contribution in [2.24, 2.45) is 0 Å². The van der Waals surface area contributed by atoms with Crippen LogP contribution in [-0.2, 0) is 4.79 Å². The third-order valence-corrected chi connectivity index (χ3v) is 4.10. The largest absolute Gasteiger partial charge is 0.327 e. The number of hydrogen-bond donors (Lipinski definition) is 0. The Bertz CT molecular complexity index is 638. The lowest BCUT2D eigenvalue weighted by molar-refractivity contribution is -0.113. The minimum atomic E-state index is -0.165. The summed E-state index contributed by atoms with van der Waals surface area (Å²) in [6.45, 7) is 0. The van der Waals surface area contributed by atoms with Crippen molar-refractivity contribution in [3.63, 3.8) is 0 Å². The van der Waals surface area contributed by atoms with Crippen molar-refractivity contribution >= 4 is 27.6 Å². The van der Waals surface area contributed by atoms with Crippen LogP contribution in [0.3, 0.4) is 0 Å². The first-order valence-corrected chi connectivity index (χ1v) is 6.46. The van der Waals surface area contributed by atoms with E-state index in [2.05, 4.69) is 6.07 Å². The molecule has 0 aliphatic carbocycles. The van der Waals surface area contributed by atoms with Gasteiger partial charge in [0.1, 0.15) is 17.8 Å². The van der Waals surface area contributed by atoms with E-state index < -0.39 is 0 Å². The predicted octanol–water partition coefficient (Wildman–Crippen LogP) is 2.72. The zero-order chi connectivity index (χ0) is 11.8. The molecule has 2 heterocycles. The van der Waals surface area contributed by atoms with Gasteiger partial charge in [-0.05, 0) is 6.42 Å². The lowest BCUT2D eigenvalue weighted by atomic mass is 10.2. The summed E-state index contributed by atoms with van der Waals surface area (Å²) in [4.78, 5) is 11.8. The molecule has 3 rings (SSSR count). The fourth-order valence-corrected chi connectivity index (χ4v) is 3.25. The Hall–Kier alpha value is -1.73. The molecule has 17 heavy (non-hydrogen) atoms. The predicted molar refractivity (Wildman–Crippen MR) is 67.8 cm³/mol. The Kier molecular flexibility index (Phi) is 2.41. The molecule has 0 spiro atoms. The van der Waals surface area contributed by atoms with E-state index in [-0.39, 0.29) is 11.2 Å². The highest BCUT2D eigenvalue weighted by molar-refractivity contribution is 8.14. The van der Waals surface area contributed by atoms with E-state index in [1.807, 2.05) is 35.0 Å². The van der Waals surface area contributed by atoms with E-state index in [4.69, 9.17) is 0 Å². The molecule has 0 bridgehead atoms. The highest BCUT2D eigenvalue weighted by Crippen LogP contribution is 2.33. The second-order valence-electron chi connectivity index (χ2n) is 4.06. The van der Waals surface area contributed by atoms with Crippen molar-refractivity contribution in [1.29, 1.82) is 5.26 Å². The van der Waals surface area contributed by atoms with Crippen LogP contribution in [0.2, 0.25) is 0 Å². The number of hydrogen-bond acceptors (Lipinski definition) is 3. The van der Waals surface area contributed by atoms with Crippen molar-refractivity contribution in [1.82, 2.24) is 4.57 Å². The number of nitriles is 1. The van der Waals surface area contributed by atoms with E-state index in [0.29, 0.717) is 5.69 Å². The van der Waals surface area contributed by atoms with Crippen LogP contribution in [0.1, 0.15) is 18.2 Å². The molecular formula is C13H10N2OS. The standard InChI is InChI=1S/C13H10N2OS/c14-7-12-10-4-2-1-3-9(10)8-15(12)11-5-6-17-13(11)16/h1-4,8,11H,5-6H2. The molecule has 0 saturated carbocycles. The number of carbonyl (C=O) groups is 1. The summed E-state index contributed by atoms with van der Waals surface area (Å²) in [7, 11) is 0. The lowest BCUT2D eigenvalue weighted by Crippen LogP contribution is -2.12. The Balaban J connectivity index is 2.23. The van der Waals surface area contributed by atoms with E-state index in [1.54, 1.807) is 0 Å². The summed E-state index contributed by atoms with van der Waals surface area (Å²) >= 11 is 1.36. The van der Waals surface area contributed by atoms with Crippen LogP contribution >= 0.6 is 11.8 Å². The average molecular weight is 242 g/mol. The van der Waals surface area contributed by atoms with Gasteiger partial charge < -0.3 is 4.57 Å². The molecule has 0 amide bonds. The molecule has 0 N–H and O–H groups in total. The van der Waals surface area contributed by atoms with Crippen LogP contribution in [0.4, 0.5) is 0 Å². The van der Waals surface area contributed by atoms with Gasteiger partial charge in [-0.15, -0.1) is 0 Å². The summed E-state index contributed by atoms with van der Waals surface area (Å²) in [5, 5.41) is 11.4. The molecule has 84 valence electrons. The van der Waals surface area contributed by atoms with E-state index in [1.165, 1.54) is 11.8 Å². The SMILES string of the molecule is N#Cc1c2ccccc2cn1C1CCSC1=O. The van der Waals surface area contributed by atoms with Gasteiger partial charge in [-0.2, -0.15) is 5.26 Å². The van der Waals surface area contributed by atoms with E-state index >= 15 is 0 Å². The molecule has 1 aliphatic rings. The fourth-order valence-electron chi connectivity index (χ4n) is 2.28. The quantitative estimate of drug-likeness (QED) is 0.772. The zero-order valence-electron chi connectivity index (χ0n) is 9.09. The highest BCUT2D eigenvalue weighted by atomic mass is 32.2. The molecule has 1 aromatic heterocycles. The lowest BCUT2D eigenvalue weighted by Gasteiger charge is -2.10. The van der Waals surface area contributed by atoms with Gasteiger partial charge in [0, 0.05) is 22.7 Å². The Morgan fingerprint density at radius 3 is 2.94 bits per heavy atom. The molecule has 1 unspecified atom stereocenters. The van der Waals surface area contributed by atoms with Gasteiger partial charge >= 0.3 is 0 Å². The van der Waals surface area contributed by atoms with Crippen molar-refractivity contribution in [2.75, 3.05) is 5.75 Å². The molecule has 3 nitrogen and oxygen atoms in total. The van der Waals surface area contributed by atoms with Crippen LogP contribution in [0.5, 0.6) is 0 Å². The summed E-state index contributed by atoms with van der Waals surface area (Å²) in [5.41, 5.74) is 0.599. The number of fused-ring (bicyclic) bond motifs is 1. The fraction of sp³-hybridized carbons (Fsp3) is 0.231. The number of aromatic nitrogens is 1. The van der Waals surface area contributed by atoms with Gasteiger partial charge in [0.15, 0.2) is 0 Å². The van der Waals surface area contributed by atoms with Crippen LogP contribution in [0, 0.1) is 11.3 Å². The van der Waals surface area contributed by atoms with Gasteiger partial charge in [0.25, 0.3) is 0 Å². The summed E-state index contributed by atoms with van der Waals surface area (Å²) in [5.74, 6) is 0.850. The van der Waals surface area contributed by atoms with Gasteiger partial charge in [-0.1, -0.05) is 36.0 Å². The summed E-state index contributed by atoms with van der Waals surface area (Å²) < 4.78 is 1.84. The molecule has 1 fully saturated rings. The third kappa shape index (κ3) is 1.55. The minimum Gasteiger partial charge on any atom is -0.327 e. The molecule has 4 heteroatoms. The second-order valence-corrected chi connectivity index (χ2v) is 5.16. The normalized spacial score (nSPS) is 19.7. The number of thioether (sulfide) groups is 1. The van der Waals surface area contributed by atoms with E-state index in [9.17, 15) is 10.1 Å².